The maximum Gasteiger partial charge on any atom is 0.0657 e. The number of nitrogens with one attached hydrogen (secondary N) is 1. The van der Waals surface area contributed by atoms with Gasteiger partial charge in [0.25, 0.3) is 0 Å². The fourth-order valence-corrected chi connectivity index (χ4v) is 1.26. The molecule has 0 aliphatic heterocycles. The lowest BCUT2D eigenvalue weighted by Crippen LogP contribution is -1.99. The highest BCUT2D eigenvalue weighted by Crippen LogP contribution is 2.13. The molecule has 0 saturated heterocycles. The van der Waals surface area contributed by atoms with Crippen LogP contribution in [-0.2, 0) is 13.0 Å². The summed E-state index contributed by atoms with van der Waals surface area (Å²) in [6, 6.07) is 0. The normalized spacial score (nSPS) is 11.1. The monoisotopic (exact) mass is 167 g/mol. The first-order valence-electron chi connectivity index (χ1n) is 4.38. The molecule has 0 atom stereocenters. The van der Waals surface area contributed by atoms with E-state index >= 15 is 0 Å². The zero-order chi connectivity index (χ0) is 9.14. The van der Waals surface area contributed by atoms with E-state index in [0.717, 1.165) is 17.8 Å². The van der Waals surface area contributed by atoms with E-state index in [1.54, 1.807) is 0 Å². The van der Waals surface area contributed by atoms with Crippen LogP contribution in [0.1, 0.15) is 30.8 Å². The minimum atomic E-state index is 0.553. The molecule has 1 aromatic heterocycles. The van der Waals surface area contributed by atoms with Crippen molar-refractivity contribution < 1.29 is 0 Å². The van der Waals surface area contributed by atoms with Crippen molar-refractivity contribution in [2.24, 2.45) is 11.7 Å². The molecule has 3 heteroatoms. The predicted octanol–water partition coefficient (Wildman–Crippen LogP) is 1.38. The molecule has 0 amide bonds. The smallest absolute Gasteiger partial charge is 0.0657 e. The van der Waals surface area contributed by atoms with E-state index in [1.165, 1.54) is 5.56 Å². The molecule has 0 saturated carbocycles. The molecule has 0 aromatic carbocycles. The molecule has 3 N–H and O–H groups in total. The minimum Gasteiger partial charge on any atom is -0.325 e. The zero-order valence-corrected chi connectivity index (χ0v) is 8.02. The Bertz CT molecular complexity index is 250. The lowest BCUT2D eigenvalue weighted by Gasteiger charge is -2.01. The van der Waals surface area contributed by atoms with E-state index in [9.17, 15) is 0 Å². The summed E-state index contributed by atoms with van der Waals surface area (Å²) in [5, 5.41) is 7.18. The van der Waals surface area contributed by atoms with Crippen molar-refractivity contribution >= 4 is 0 Å². The van der Waals surface area contributed by atoms with Crippen molar-refractivity contribution in [1.82, 2.24) is 10.2 Å². The summed E-state index contributed by atoms with van der Waals surface area (Å²) in [6.07, 6.45) is 1.03. The zero-order valence-electron chi connectivity index (χ0n) is 8.02. The minimum absolute atomic E-state index is 0.553. The molecule has 0 spiro atoms. The van der Waals surface area contributed by atoms with Crippen LogP contribution < -0.4 is 5.73 Å². The second kappa shape index (κ2) is 3.72. The van der Waals surface area contributed by atoms with Gasteiger partial charge in [-0.15, -0.1) is 0 Å². The quantitative estimate of drug-likeness (QED) is 0.714. The van der Waals surface area contributed by atoms with Crippen molar-refractivity contribution in [1.29, 1.82) is 0 Å². The molecule has 1 heterocycles. The van der Waals surface area contributed by atoms with Gasteiger partial charge in [-0.1, -0.05) is 13.8 Å². The van der Waals surface area contributed by atoms with Gasteiger partial charge in [0, 0.05) is 6.54 Å². The van der Waals surface area contributed by atoms with Crippen molar-refractivity contribution in [2.75, 3.05) is 0 Å². The van der Waals surface area contributed by atoms with Gasteiger partial charge in [0.05, 0.1) is 11.4 Å². The first-order chi connectivity index (χ1) is 5.65. The van der Waals surface area contributed by atoms with Crippen molar-refractivity contribution in [2.45, 2.75) is 33.7 Å². The van der Waals surface area contributed by atoms with Gasteiger partial charge in [-0.3, -0.25) is 5.10 Å². The average Bonchev–Trinajstić information content (AvgIpc) is 2.32. The van der Waals surface area contributed by atoms with Gasteiger partial charge >= 0.3 is 0 Å². The fourth-order valence-electron chi connectivity index (χ4n) is 1.26. The van der Waals surface area contributed by atoms with Crippen LogP contribution in [0.5, 0.6) is 0 Å². The first kappa shape index (κ1) is 9.26. The first-order valence-corrected chi connectivity index (χ1v) is 4.38. The number of nitrogens with zero attached hydrogens (tertiary/aromatic N) is 1. The Morgan fingerprint density at radius 3 is 2.58 bits per heavy atom. The Kier molecular flexibility index (Phi) is 2.87. The molecule has 0 aliphatic rings. The Hall–Kier alpha value is -0.830. The molecular formula is C9H17N3. The molecule has 1 aromatic rings. The maximum absolute atomic E-state index is 5.52. The number of hydrogen-bond donors (Lipinski definition) is 2. The molecule has 3 nitrogen and oxygen atoms in total. The molecular weight excluding hydrogens is 150 g/mol. The molecule has 1 rings (SSSR count). The number of aromatic nitrogens is 2. The van der Waals surface area contributed by atoms with E-state index in [-0.39, 0.29) is 0 Å². The van der Waals surface area contributed by atoms with Crippen LogP contribution >= 0.6 is 0 Å². The molecule has 0 unspecified atom stereocenters. The summed E-state index contributed by atoms with van der Waals surface area (Å²) >= 11 is 0. The Morgan fingerprint density at radius 1 is 1.50 bits per heavy atom. The number of H-pyrrole nitrogens is 1. The Labute approximate surface area is 73.4 Å². The molecule has 0 radical (unpaired) electrons. The van der Waals surface area contributed by atoms with Crippen molar-refractivity contribution in [3.63, 3.8) is 0 Å². The Balaban J connectivity index is 2.80. The number of hydrogen-bond acceptors (Lipinski definition) is 2. The lowest BCUT2D eigenvalue weighted by molar-refractivity contribution is 0.631. The lowest BCUT2D eigenvalue weighted by atomic mass is 10.0. The molecule has 0 bridgehead atoms. The van der Waals surface area contributed by atoms with Crippen LogP contribution in [-0.4, -0.2) is 10.2 Å². The SMILES string of the molecule is Cc1c(CC(C)C)n[nH]c1CN. The number of aromatic amines is 1. The van der Waals surface area contributed by atoms with E-state index in [2.05, 4.69) is 31.0 Å². The van der Waals surface area contributed by atoms with E-state index in [0.29, 0.717) is 12.5 Å². The van der Waals surface area contributed by atoms with Crippen LogP contribution in [0.2, 0.25) is 0 Å². The average molecular weight is 167 g/mol. The summed E-state index contributed by atoms with van der Waals surface area (Å²) in [7, 11) is 0. The van der Waals surface area contributed by atoms with E-state index in [1.807, 2.05) is 0 Å². The van der Waals surface area contributed by atoms with Crippen molar-refractivity contribution in [3.05, 3.63) is 17.0 Å². The maximum atomic E-state index is 5.52. The Morgan fingerprint density at radius 2 is 2.17 bits per heavy atom. The van der Waals surface area contributed by atoms with Crippen LogP contribution in [0.15, 0.2) is 0 Å². The van der Waals surface area contributed by atoms with Gasteiger partial charge in [0.15, 0.2) is 0 Å². The summed E-state index contributed by atoms with van der Waals surface area (Å²) < 4.78 is 0. The van der Waals surface area contributed by atoms with Gasteiger partial charge in [0.2, 0.25) is 0 Å². The van der Waals surface area contributed by atoms with Crippen molar-refractivity contribution in [3.8, 4) is 0 Å². The summed E-state index contributed by atoms with van der Waals surface area (Å²) in [5.41, 5.74) is 8.97. The number of rotatable bonds is 3. The van der Waals surface area contributed by atoms with Crippen LogP contribution in [0.3, 0.4) is 0 Å². The second-order valence-corrected chi connectivity index (χ2v) is 3.58. The molecule has 0 fully saturated rings. The number of nitrogens with two attached hydrogens (primary N) is 1. The fraction of sp³-hybridized carbons (Fsp3) is 0.667. The van der Waals surface area contributed by atoms with Gasteiger partial charge in [0.1, 0.15) is 0 Å². The third-order valence-corrected chi connectivity index (χ3v) is 2.02. The third kappa shape index (κ3) is 1.85. The summed E-state index contributed by atoms with van der Waals surface area (Å²) in [5.74, 6) is 0.651. The molecule has 12 heavy (non-hydrogen) atoms. The van der Waals surface area contributed by atoms with Gasteiger partial charge in [-0.25, -0.2) is 0 Å². The summed E-state index contributed by atoms with van der Waals surface area (Å²) in [6.45, 7) is 7.01. The van der Waals surface area contributed by atoms with Gasteiger partial charge in [-0.2, -0.15) is 5.10 Å². The standard InChI is InChI=1S/C9H17N3/c1-6(2)4-8-7(3)9(5-10)12-11-8/h6H,4-5,10H2,1-3H3,(H,11,12). The summed E-state index contributed by atoms with van der Waals surface area (Å²) in [4.78, 5) is 0. The van der Waals surface area contributed by atoms with Crippen LogP contribution in [0, 0.1) is 12.8 Å². The van der Waals surface area contributed by atoms with Gasteiger partial charge < -0.3 is 5.73 Å². The predicted molar refractivity (Wildman–Crippen MR) is 49.8 cm³/mol. The highest BCUT2D eigenvalue weighted by atomic mass is 15.1. The molecule has 68 valence electrons. The van der Waals surface area contributed by atoms with Gasteiger partial charge in [-0.05, 0) is 24.8 Å². The van der Waals surface area contributed by atoms with Crippen LogP contribution in [0.4, 0.5) is 0 Å². The van der Waals surface area contributed by atoms with Crippen LogP contribution in [0.25, 0.3) is 0 Å². The molecule has 0 aliphatic carbocycles. The second-order valence-electron chi connectivity index (χ2n) is 3.58. The highest BCUT2D eigenvalue weighted by Gasteiger charge is 2.08. The third-order valence-electron chi connectivity index (χ3n) is 2.02. The largest absolute Gasteiger partial charge is 0.325 e. The highest BCUT2D eigenvalue weighted by molar-refractivity contribution is 5.23. The van der Waals surface area contributed by atoms with E-state index < -0.39 is 0 Å². The topological polar surface area (TPSA) is 54.7 Å². The van der Waals surface area contributed by atoms with E-state index in [4.69, 9.17) is 5.73 Å².